The van der Waals surface area contributed by atoms with Gasteiger partial charge in [0, 0.05) is 13.0 Å². The van der Waals surface area contributed by atoms with E-state index in [1.807, 2.05) is 18.2 Å². The summed E-state index contributed by atoms with van der Waals surface area (Å²) >= 11 is 0. The Hall–Kier alpha value is -2.82. The number of rotatable bonds is 4. The molecule has 0 aliphatic heterocycles. The first kappa shape index (κ1) is 13.2. The van der Waals surface area contributed by atoms with Crippen molar-refractivity contribution in [1.82, 2.24) is 4.98 Å². The van der Waals surface area contributed by atoms with Crippen LogP contribution in [0.1, 0.15) is 21.8 Å². The first-order valence-corrected chi connectivity index (χ1v) is 6.44. The van der Waals surface area contributed by atoms with E-state index in [4.69, 9.17) is 14.3 Å². The van der Waals surface area contributed by atoms with Gasteiger partial charge < -0.3 is 14.3 Å². The highest BCUT2D eigenvalue weighted by atomic mass is 16.5. The molecule has 0 spiro atoms. The molecule has 5 heteroatoms. The van der Waals surface area contributed by atoms with Crippen LogP contribution in [0.4, 0.5) is 0 Å². The minimum atomic E-state index is -0.936. The number of fused-ring (bicyclic) bond motifs is 1. The molecular formula is C16H13NO4. The van der Waals surface area contributed by atoms with E-state index in [1.165, 1.54) is 0 Å². The van der Waals surface area contributed by atoms with Gasteiger partial charge in [-0.05, 0) is 29.8 Å². The molecule has 0 aliphatic carbocycles. The zero-order valence-electron chi connectivity index (χ0n) is 11.4. The number of aromatic nitrogens is 1. The Labute approximate surface area is 120 Å². The summed E-state index contributed by atoms with van der Waals surface area (Å²) in [6.07, 6.45) is 0. The minimum Gasteiger partial charge on any atom is -0.489 e. The summed E-state index contributed by atoms with van der Waals surface area (Å²) < 4.78 is 11.1. The number of aromatic carboxylic acids is 1. The van der Waals surface area contributed by atoms with Crippen molar-refractivity contribution >= 4 is 17.1 Å². The van der Waals surface area contributed by atoms with Gasteiger partial charge in [0.05, 0.1) is 5.56 Å². The SMILES string of the molecule is Cc1nc2cc(OCc3ccc(C(=O)O)cc3)ccc2o1. The first-order valence-electron chi connectivity index (χ1n) is 6.44. The molecule has 0 bridgehead atoms. The Balaban J connectivity index is 1.71. The van der Waals surface area contributed by atoms with Crippen molar-refractivity contribution in [1.29, 1.82) is 0 Å². The van der Waals surface area contributed by atoms with Gasteiger partial charge in [-0.15, -0.1) is 0 Å². The lowest BCUT2D eigenvalue weighted by Crippen LogP contribution is -1.98. The molecule has 0 atom stereocenters. The van der Waals surface area contributed by atoms with Gasteiger partial charge >= 0.3 is 5.97 Å². The molecule has 1 aromatic heterocycles. The largest absolute Gasteiger partial charge is 0.489 e. The van der Waals surface area contributed by atoms with E-state index in [2.05, 4.69) is 4.98 Å². The van der Waals surface area contributed by atoms with Gasteiger partial charge in [-0.25, -0.2) is 9.78 Å². The van der Waals surface area contributed by atoms with Crippen LogP contribution in [0.2, 0.25) is 0 Å². The van der Waals surface area contributed by atoms with Crippen LogP contribution in [-0.4, -0.2) is 16.1 Å². The standard InChI is InChI=1S/C16H13NO4/c1-10-17-14-8-13(6-7-15(14)21-10)20-9-11-2-4-12(5-3-11)16(18)19/h2-8H,9H2,1H3,(H,18,19). The fraction of sp³-hybridized carbons (Fsp3) is 0.125. The molecule has 3 aromatic rings. The van der Waals surface area contributed by atoms with E-state index in [0.29, 0.717) is 18.2 Å². The minimum absolute atomic E-state index is 0.262. The van der Waals surface area contributed by atoms with Crippen molar-refractivity contribution in [3.8, 4) is 5.75 Å². The highest BCUT2D eigenvalue weighted by Crippen LogP contribution is 2.22. The summed E-state index contributed by atoms with van der Waals surface area (Å²) in [7, 11) is 0. The number of ether oxygens (including phenoxy) is 1. The zero-order valence-corrected chi connectivity index (χ0v) is 11.4. The second kappa shape index (κ2) is 5.28. The molecule has 0 radical (unpaired) electrons. The molecule has 21 heavy (non-hydrogen) atoms. The molecule has 3 rings (SSSR count). The van der Waals surface area contributed by atoms with Crippen LogP contribution in [0.3, 0.4) is 0 Å². The smallest absolute Gasteiger partial charge is 0.335 e. The maximum Gasteiger partial charge on any atom is 0.335 e. The Kier molecular flexibility index (Phi) is 3.31. The van der Waals surface area contributed by atoms with Crippen LogP contribution < -0.4 is 4.74 Å². The summed E-state index contributed by atoms with van der Waals surface area (Å²) in [4.78, 5) is 15.0. The molecule has 1 N–H and O–H groups in total. The summed E-state index contributed by atoms with van der Waals surface area (Å²) in [5.41, 5.74) is 2.64. The second-order valence-corrected chi connectivity index (χ2v) is 4.65. The van der Waals surface area contributed by atoms with Crippen LogP contribution in [0.5, 0.6) is 5.75 Å². The molecule has 0 saturated carbocycles. The van der Waals surface area contributed by atoms with E-state index in [-0.39, 0.29) is 5.56 Å². The lowest BCUT2D eigenvalue weighted by Gasteiger charge is -2.06. The summed E-state index contributed by atoms with van der Waals surface area (Å²) in [5, 5.41) is 8.84. The number of carboxylic acids is 1. The van der Waals surface area contributed by atoms with Crippen molar-refractivity contribution in [2.45, 2.75) is 13.5 Å². The van der Waals surface area contributed by atoms with Crippen molar-refractivity contribution in [3.05, 3.63) is 59.5 Å². The van der Waals surface area contributed by atoms with Gasteiger partial charge in [-0.2, -0.15) is 0 Å². The predicted molar refractivity (Wildman–Crippen MR) is 76.5 cm³/mol. The maximum atomic E-state index is 10.8. The molecule has 1 heterocycles. The molecule has 5 nitrogen and oxygen atoms in total. The van der Waals surface area contributed by atoms with Crippen molar-refractivity contribution < 1.29 is 19.1 Å². The molecule has 0 unspecified atom stereocenters. The van der Waals surface area contributed by atoms with Crippen LogP contribution in [0.25, 0.3) is 11.1 Å². The van der Waals surface area contributed by atoms with Crippen molar-refractivity contribution in [2.24, 2.45) is 0 Å². The fourth-order valence-electron chi connectivity index (χ4n) is 2.02. The summed E-state index contributed by atoms with van der Waals surface area (Å²) in [5.74, 6) is 0.374. The first-order chi connectivity index (χ1) is 10.1. The Bertz CT molecular complexity index is 790. The van der Waals surface area contributed by atoms with Gasteiger partial charge in [0.2, 0.25) is 0 Å². The van der Waals surface area contributed by atoms with Gasteiger partial charge in [0.1, 0.15) is 17.9 Å². The number of hydrogen-bond donors (Lipinski definition) is 1. The van der Waals surface area contributed by atoms with Crippen molar-refractivity contribution in [2.75, 3.05) is 0 Å². The summed E-state index contributed by atoms with van der Waals surface area (Å²) in [6, 6.07) is 12.1. The maximum absolute atomic E-state index is 10.8. The third kappa shape index (κ3) is 2.86. The third-order valence-electron chi connectivity index (χ3n) is 3.07. The van der Waals surface area contributed by atoms with Gasteiger partial charge in [0.15, 0.2) is 11.5 Å². The molecule has 0 amide bonds. The molecule has 106 valence electrons. The number of nitrogens with zero attached hydrogens (tertiary/aromatic N) is 1. The topological polar surface area (TPSA) is 72.6 Å². The number of carbonyl (C=O) groups is 1. The van der Waals surface area contributed by atoms with E-state index in [0.717, 1.165) is 16.7 Å². The molecule has 0 fully saturated rings. The quantitative estimate of drug-likeness (QED) is 0.794. The third-order valence-corrected chi connectivity index (χ3v) is 3.07. The molecular weight excluding hydrogens is 270 g/mol. The fourth-order valence-corrected chi connectivity index (χ4v) is 2.02. The van der Waals surface area contributed by atoms with E-state index < -0.39 is 5.97 Å². The Morgan fingerprint density at radius 1 is 1.24 bits per heavy atom. The number of benzene rings is 2. The van der Waals surface area contributed by atoms with Gasteiger partial charge in [-0.1, -0.05) is 12.1 Å². The van der Waals surface area contributed by atoms with Crippen molar-refractivity contribution in [3.63, 3.8) is 0 Å². The Morgan fingerprint density at radius 3 is 2.71 bits per heavy atom. The average molecular weight is 283 g/mol. The Morgan fingerprint density at radius 2 is 2.00 bits per heavy atom. The molecule has 0 saturated heterocycles. The normalized spacial score (nSPS) is 10.7. The van der Waals surface area contributed by atoms with E-state index >= 15 is 0 Å². The lowest BCUT2D eigenvalue weighted by molar-refractivity contribution is 0.0697. The molecule has 0 aliphatic rings. The van der Waals surface area contributed by atoms with E-state index in [1.54, 1.807) is 31.2 Å². The second-order valence-electron chi connectivity index (χ2n) is 4.65. The van der Waals surface area contributed by atoms with E-state index in [9.17, 15) is 4.79 Å². The number of aryl methyl sites for hydroxylation is 1. The average Bonchev–Trinajstić information content (AvgIpc) is 2.84. The number of oxazole rings is 1. The zero-order chi connectivity index (χ0) is 14.8. The number of carboxylic acid groups (broad SMARTS) is 1. The van der Waals surface area contributed by atoms with Gasteiger partial charge in [-0.3, -0.25) is 0 Å². The lowest BCUT2D eigenvalue weighted by atomic mass is 10.1. The van der Waals surface area contributed by atoms with Crippen LogP contribution >= 0.6 is 0 Å². The van der Waals surface area contributed by atoms with Crippen LogP contribution in [0.15, 0.2) is 46.9 Å². The molecule has 2 aromatic carbocycles. The predicted octanol–water partition coefficient (Wildman–Crippen LogP) is 3.41. The van der Waals surface area contributed by atoms with Crippen LogP contribution in [0, 0.1) is 6.92 Å². The highest BCUT2D eigenvalue weighted by Gasteiger charge is 2.05. The highest BCUT2D eigenvalue weighted by molar-refractivity contribution is 5.87. The number of hydrogen-bond acceptors (Lipinski definition) is 4. The summed E-state index contributed by atoms with van der Waals surface area (Å²) in [6.45, 7) is 2.16. The van der Waals surface area contributed by atoms with Gasteiger partial charge in [0.25, 0.3) is 0 Å². The van der Waals surface area contributed by atoms with Crippen LogP contribution in [-0.2, 0) is 6.61 Å². The monoisotopic (exact) mass is 283 g/mol.